The summed E-state index contributed by atoms with van der Waals surface area (Å²) in [4.78, 5) is 12.5. The fourth-order valence-corrected chi connectivity index (χ4v) is 4.99. The van der Waals surface area contributed by atoms with Gasteiger partial charge in [0.2, 0.25) is 5.85 Å². The Balaban J connectivity index is 1.72. The fraction of sp³-hybridized carbons (Fsp3) is 0.381. The highest BCUT2D eigenvalue weighted by molar-refractivity contribution is 7.54. The van der Waals surface area contributed by atoms with E-state index in [0.717, 1.165) is 5.56 Å². The molecule has 2 aromatic rings. The number of ether oxygens (including phenoxy) is 2. The lowest BCUT2D eigenvalue weighted by Gasteiger charge is -2.36. The molecule has 1 fully saturated rings. The second-order valence-corrected chi connectivity index (χ2v) is 10.2. The maximum Gasteiger partial charge on any atom is 0.375 e. The summed E-state index contributed by atoms with van der Waals surface area (Å²) >= 11 is 6.00. The number of rotatable bonds is 6. The topological polar surface area (TPSA) is 71.1 Å². The summed E-state index contributed by atoms with van der Waals surface area (Å²) < 4.78 is 35.5. The molecular weight excluding hydrogens is 415 g/mol. The van der Waals surface area contributed by atoms with Crippen LogP contribution in [0.3, 0.4) is 0 Å². The van der Waals surface area contributed by atoms with E-state index in [0.29, 0.717) is 16.3 Å². The largest absolute Gasteiger partial charge is 0.482 e. The van der Waals surface area contributed by atoms with Crippen molar-refractivity contribution in [3.05, 3.63) is 64.7 Å². The highest BCUT2D eigenvalue weighted by Gasteiger charge is 2.46. The zero-order valence-corrected chi connectivity index (χ0v) is 18.2. The molecule has 8 heteroatoms. The normalized spacial score (nSPS) is 18.6. The van der Waals surface area contributed by atoms with E-state index in [9.17, 15) is 9.36 Å². The van der Waals surface area contributed by atoms with E-state index in [1.165, 1.54) is 0 Å². The van der Waals surface area contributed by atoms with Crippen LogP contribution in [-0.2, 0) is 23.1 Å². The average Bonchev–Trinajstić information content (AvgIpc) is 2.70. The Bertz CT molecular complexity index is 901. The van der Waals surface area contributed by atoms with Gasteiger partial charge in [-0.1, -0.05) is 55.8 Å². The average molecular weight is 439 g/mol. The van der Waals surface area contributed by atoms with Gasteiger partial charge in [0.15, 0.2) is 6.61 Å². The monoisotopic (exact) mass is 438 g/mol. The predicted molar refractivity (Wildman–Crippen MR) is 110 cm³/mol. The summed E-state index contributed by atoms with van der Waals surface area (Å²) in [5.74, 6) is -1.36. The Kier molecular flexibility index (Phi) is 6.69. The number of carbonyl (C=O) groups excluding carboxylic acids is 1. The molecule has 1 aliphatic rings. The molecule has 29 heavy (non-hydrogen) atoms. The number of aryl methyl sites for hydroxylation is 1. The van der Waals surface area contributed by atoms with Gasteiger partial charge in [-0.05, 0) is 30.7 Å². The molecular formula is C21H24ClO6P. The van der Waals surface area contributed by atoms with Crippen LogP contribution in [0.1, 0.15) is 30.8 Å². The minimum atomic E-state index is -3.71. The molecule has 6 nitrogen and oxygen atoms in total. The quantitative estimate of drug-likeness (QED) is 0.436. The fourth-order valence-electron chi connectivity index (χ4n) is 2.68. The van der Waals surface area contributed by atoms with Gasteiger partial charge in [0, 0.05) is 16.0 Å². The summed E-state index contributed by atoms with van der Waals surface area (Å²) in [5, 5.41) is 0.608. The van der Waals surface area contributed by atoms with Gasteiger partial charge in [0.05, 0.1) is 13.2 Å². The Labute approximate surface area is 175 Å². The maximum absolute atomic E-state index is 13.3. The van der Waals surface area contributed by atoms with E-state index in [1.54, 1.807) is 42.5 Å². The molecule has 0 radical (unpaired) electrons. The third-order valence-corrected chi connectivity index (χ3v) is 6.75. The molecule has 3 rings (SSSR count). The third-order valence-electron chi connectivity index (χ3n) is 4.37. The molecule has 0 aromatic heterocycles. The summed E-state index contributed by atoms with van der Waals surface area (Å²) in [6, 6.07) is 13.9. The van der Waals surface area contributed by atoms with Gasteiger partial charge in [0.25, 0.3) is 0 Å². The van der Waals surface area contributed by atoms with Crippen molar-refractivity contribution in [1.82, 2.24) is 0 Å². The second kappa shape index (κ2) is 8.88. The number of hydrogen-bond donors (Lipinski definition) is 0. The number of hydrogen-bond acceptors (Lipinski definition) is 6. The van der Waals surface area contributed by atoms with Crippen LogP contribution in [0.25, 0.3) is 0 Å². The molecule has 0 N–H and O–H groups in total. The van der Waals surface area contributed by atoms with Crippen LogP contribution in [0.15, 0.2) is 48.5 Å². The second-order valence-electron chi connectivity index (χ2n) is 7.70. The van der Waals surface area contributed by atoms with Gasteiger partial charge >= 0.3 is 13.6 Å². The zero-order valence-electron chi connectivity index (χ0n) is 16.6. The lowest BCUT2D eigenvalue weighted by molar-refractivity contribution is -0.149. The lowest BCUT2D eigenvalue weighted by atomic mass is 9.97. The van der Waals surface area contributed by atoms with Crippen LogP contribution >= 0.6 is 19.2 Å². The van der Waals surface area contributed by atoms with E-state index in [4.69, 9.17) is 30.1 Å². The van der Waals surface area contributed by atoms with Crippen molar-refractivity contribution in [1.29, 1.82) is 0 Å². The van der Waals surface area contributed by atoms with Gasteiger partial charge in [-0.2, -0.15) is 0 Å². The maximum atomic E-state index is 13.3. The summed E-state index contributed by atoms with van der Waals surface area (Å²) in [7, 11) is -3.71. The van der Waals surface area contributed by atoms with Crippen LogP contribution in [0, 0.1) is 12.3 Å². The Morgan fingerprint density at radius 1 is 1.17 bits per heavy atom. The number of benzene rings is 2. The van der Waals surface area contributed by atoms with Crippen molar-refractivity contribution in [3.63, 3.8) is 0 Å². The molecule has 0 saturated carbocycles. The van der Waals surface area contributed by atoms with Crippen molar-refractivity contribution in [3.8, 4) is 5.75 Å². The molecule has 1 saturated heterocycles. The van der Waals surface area contributed by atoms with Crippen LogP contribution in [0.2, 0.25) is 5.02 Å². The summed E-state index contributed by atoms with van der Waals surface area (Å²) in [6.45, 7) is 5.86. The smallest absolute Gasteiger partial charge is 0.375 e. The predicted octanol–water partition coefficient (Wildman–Crippen LogP) is 5.54. The molecule has 0 aliphatic carbocycles. The Morgan fingerprint density at radius 2 is 1.83 bits per heavy atom. The molecule has 1 aliphatic heterocycles. The van der Waals surface area contributed by atoms with E-state index in [1.807, 2.05) is 26.8 Å². The Morgan fingerprint density at radius 3 is 2.45 bits per heavy atom. The molecule has 2 aromatic carbocycles. The van der Waals surface area contributed by atoms with Crippen LogP contribution < -0.4 is 4.74 Å². The van der Waals surface area contributed by atoms with Gasteiger partial charge < -0.3 is 18.5 Å². The Hall–Kier alpha value is -1.85. The molecule has 1 unspecified atom stereocenters. The molecule has 0 spiro atoms. The minimum absolute atomic E-state index is 0.242. The lowest BCUT2D eigenvalue weighted by Crippen LogP contribution is -2.31. The first-order valence-corrected chi connectivity index (χ1v) is 11.2. The highest BCUT2D eigenvalue weighted by Crippen LogP contribution is 2.64. The van der Waals surface area contributed by atoms with Crippen molar-refractivity contribution in [2.24, 2.45) is 5.41 Å². The van der Waals surface area contributed by atoms with Crippen molar-refractivity contribution in [2.45, 2.75) is 26.6 Å². The molecule has 1 heterocycles. The van der Waals surface area contributed by atoms with Crippen molar-refractivity contribution < 1.29 is 27.9 Å². The molecule has 156 valence electrons. The van der Waals surface area contributed by atoms with Gasteiger partial charge in [-0.3, -0.25) is 4.57 Å². The molecule has 0 amide bonds. The van der Waals surface area contributed by atoms with E-state index in [2.05, 4.69) is 0 Å². The summed E-state index contributed by atoms with van der Waals surface area (Å²) in [5.41, 5.74) is 1.09. The van der Waals surface area contributed by atoms with Gasteiger partial charge in [-0.15, -0.1) is 0 Å². The van der Waals surface area contributed by atoms with E-state index < -0.39 is 19.4 Å². The van der Waals surface area contributed by atoms with E-state index in [-0.39, 0.29) is 25.2 Å². The minimum Gasteiger partial charge on any atom is -0.482 e. The van der Waals surface area contributed by atoms with Crippen LogP contribution in [0.4, 0.5) is 0 Å². The first-order valence-electron chi connectivity index (χ1n) is 9.21. The van der Waals surface area contributed by atoms with Gasteiger partial charge in [0.1, 0.15) is 5.75 Å². The van der Waals surface area contributed by atoms with Crippen molar-refractivity contribution >= 4 is 25.2 Å². The number of halogens is 1. The van der Waals surface area contributed by atoms with E-state index >= 15 is 0 Å². The van der Waals surface area contributed by atoms with Gasteiger partial charge in [-0.25, -0.2) is 4.79 Å². The van der Waals surface area contributed by atoms with Crippen molar-refractivity contribution in [2.75, 3.05) is 19.8 Å². The van der Waals surface area contributed by atoms with Crippen LogP contribution in [-0.4, -0.2) is 25.8 Å². The third kappa shape index (κ3) is 5.61. The standard InChI is InChI=1S/C21H24ClO6P/c1-15-11-17(9-10-18(15)22)25-12-19(23)28-20(16-7-5-4-6-8-16)29(24)26-13-21(2,3)14-27-29/h4-11,20H,12-14H2,1-3H3. The first-order chi connectivity index (χ1) is 13.7. The number of esters is 1. The molecule has 0 bridgehead atoms. The SMILES string of the molecule is Cc1cc(OCC(=O)OC(c2ccccc2)P2(=O)OCC(C)(C)CO2)ccc1Cl. The first kappa shape index (κ1) is 21.8. The zero-order chi connectivity index (χ0) is 21.1. The molecule has 1 atom stereocenters. The highest BCUT2D eigenvalue weighted by atomic mass is 35.5. The summed E-state index contributed by atoms with van der Waals surface area (Å²) in [6.07, 6.45) is 0. The number of carbonyl (C=O) groups is 1. The van der Waals surface area contributed by atoms with Crippen LogP contribution in [0.5, 0.6) is 5.75 Å².